The lowest BCUT2D eigenvalue weighted by atomic mass is 10.1. The highest BCUT2D eigenvalue weighted by atomic mass is 32.1. The van der Waals surface area contributed by atoms with E-state index in [9.17, 15) is 0 Å². The van der Waals surface area contributed by atoms with Crippen LogP contribution in [-0.4, -0.2) is 0 Å². The second kappa shape index (κ2) is 3.23. The van der Waals surface area contributed by atoms with E-state index < -0.39 is 0 Å². The van der Waals surface area contributed by atoms with E-state index in [1.54, 1.807) is 11.3 Å². The summed E-state index contributed by atoms with van der Waals surface area (Å²) in [5, 5.41) is 4.20. The van der Waals surface area contributed by atoms with E-state index in [4.69, 9.17) is 5.73 Å². The first kappa shape index (κ1) is 8.32. The molecule has 2 rings (SSSR count). The van der Waals surface area contributed by atoms with E-state index in [1.807, 2.05) is 13.0 Å². The minimum atomic E-state index is 0.865. The number of thiophene rings is 1. The number of nitrogen functional groups attached to an aromatic ring is 1. The molecule has 0 aliphatic carbocycles. The largest absolute Gasteiger partial charge is 0.398 e. The number of nitrogens with two attached hydrogens (primary N) is 1. The lowest BCUT2D eigenvalue weighted by Crippen LogP contribution is -1.89. The number of benzene rings is 1. The van der Waals surface area contributed by atoms with Gasteiger partial charge in [-0.05, 0) is 46.5 Å². The van der Waals surface area contributed by atoms with Gasteiger partial charge in [0.05, 0.1) is 0 Å². The van der Waals surface area contributed by atoms with Gasteiger partial charge in [0.1, 0.15) is 0 Å². The number of aryl methyl sites for hydroxylation is 1. The van der Waals surface area contributed by atoms with Gasteiger partial charge in [-0.25, -0.2) is 0 Å². The summed E-state index contributed by atoms with van der Waals surface area (Å²) in [5.41, 5.74) is 10.3. The van der Waals surface area contributed by atoms with E-state index in [2.05, 4.69) is 29.0 Å². The zero-order valence-electron chi connectivity index (χ0n) is 7.45. The zero-order valence-corrected chi connectivity index (χ0v) is 8.27. The Hall–Kier alpha value is -1.28. The van der Waals surface area contributed by atoms with Crippen molar-refractivity contribution in [2.75, 3.05) is 5.73 Å². The third-order valence-corrected chi connectivity index (χ3v) is 2.82. The maximum Gasteiger partial charge on any atom is 0.0349 e. The highest BCUT2D eigenvalue weighted by Gasteiger charge is 1.99. The van der Waals surface area contributed by atoms with Crippen LogP contribution in [0, 0.1) is 6.92 Å². The van der Waals surface area contributed by atoms with Gasteiger partial charge in [-0.3, -0.25) is 0 Å². The fourth-order valence-electron chi connectivity index (χ4n) is 1.25. The van der Waals surface area contributed by atoms with Crippen LogP contribution in [0.1, 0.15) is 5.56 Å². The smallest absolute Gasteiger partial charge is 0.0349 e. The molecule has 2 aromatic rings. The molecular formula is C11H11NS. The summed E-state index contributed by atoms with van der Waals surface area (Å²) in [5.74, 6) is 0. The van der Waals surface area contributed by atoms with Crippen molar-refractivity contribution in [1.82, 2.24) is 0 Å². The molecule has 0 spiro atoms. The van der Waals surface area contributed by atoms with E-state index in [1.165, 1.54) is 11.1 Å². The predicted molar refractivity (Wildman–Crippen MR) is 58.9 cm³/mol. The maximum atomic E-state index is 5.83. The van der Waals surface area contributed by atoms with Crippen LogP contribution in [0.25, 0.3) is 11.1 Å². The molecule has 0 radical (unpaired) electrons. The molecule has 0 saturated carbocycles. The summed E-state index contributed by atoms with van der Waals surface area (Å²) in [6.45, 7) is 2.02. The van der Waals surface area contributed by atoms with Gasteiger partial charge in [0.25, 0.3) is 0 Å². The zero-order chi connectivity index (χ0) is 9.26. The molecule has 1 aromatic heterocycles. The van der Waals surface area contributed by atoms with Crippen molar-refractivity contribution in [3.63, 3.8) is 0 Å². The average molecular weight is 189 g/mol. The molecule has 0 unspecified atom stereocenters. The van der Waals surface area contributed by atoms with Crippen molar-refractivity contribution in [3.8, 4) is 11.1 Å². The first-order chi connectivity index (χ1) is 6.27. The van der Waals surface area contributed by atoms with Crippen molar-refractivity contribution >= 4 is 17.0 Å². The summed E-state index contributed by atoms with van der Waals surface area (Å²) < 4.78 is 0. The summed E-state index contributed by atoms with van der Waals surface area (Å²) in [6.07, 6.45) is 0. The Kier molecular flexibility index (Phi) is 2.07. The molecule has 0 fully saturated rings. The molecule has 0 aliphatic heterocycles. The van der Waals surface area contributed by atoms with Crippen LogP contribution < -0.4 is 5.73 Å². The third kappa shape index (κ3) is 1.58. The van der Waals surface area contributed by atoms with Crippen molar-refractivity contribution in [1.29, 1.82) is 0 Å². The molecule has 0 bridgehead atoms. The Bertz CT molecular complexity index is 404. The molecule has 1 heterocycles. The summed E-state index contributed by atoms with van der Waals surface area (Å²) >= 11 is 1.70. The van der Waals surface area contributed by atoms with E-state index >= 15 is 0 Å². The third-order valence-electron chi connectivity index (χ3n) is 2.13. The van der Waals surface area contributed by atoms with Crippen LogP contribution in [-0.2, 0) is 0 Å². The molecule has 0 aliphatic rings. The highest BCUT2D eigenvalue weighted by molar-refractivity contribution is 7.08. The van der Waals surface area contributed by atoms with Gasteiger partial charge < -0.3 is 5.73 Å². The maximum absolute atomic E-state index is 5.83. The average Bonchev–Trinajstić information content (AvgIpc) is 2.62. The summed E-state index contributed by atoms with van der Waals surface area (Å²) in [4.78, 5) is 0. The first-order valence-corrected chi connectivity index (χ1v) is 5.10. The molecule has 13 heavy (non-hydrogen) atoms. The number of hydrogen-bond acceptors (Lipinski definition) is 2. The van der Waals surface area contributed by atoms with Crippen molar-refractivity contribution in [2.45, 2.75) is 6.92 Å². The highest BCUT2D eigenvalue weighted by Crippen LogP contribution is 2.25. The standard InChI is InChI=1S/C11H11NS/c1-8-2-3-9(6-11(8)12)10-4-5-13-7-10/h2-7H,12H2,1H3. The van der Waals surface area contributed by atoms with Crippen LogP contribution in [0.4, 0.5) is 5.69 Å². The number of hydrogen-bond donors (Lipinski definition) is 1. The quantitative estimate of drug-likeness (QED) is 0.684. The summed E-state index contributed by atoms with van der Waals surface area (Å²) in [7, 11) is 0. The van der Waals surface area contributed by atoms with Crippen molar-refractivity contribution < 1.29 is 0 Å². The van der Waals surface area contributed by atoms with Gasteiger partial charge in [-0.2, -0.15) is 11.3 Å². The summed E-state index contributed by atoms with van der Waals surface area (Å²) in [6, 6.07) is 8.29. The second-order valence-corrected chi connectivity index (χ2v) is 3.86. The Morgan fingerprint density at radius 1 is 1.15 bits per heavy atom. The van der Waals surface area contributed by atoms with Crippen LogP contribution in [0.15, 0.2) is 35.0 Å². The minimum absolute atomic E-state index is 0.865. The lowest BCUT2D eigenvalue weighted by Gasteiger charge is -2.02. The lowest BCUT2D eigenvalue weighted by molar-refractivity contribution is 1.47. The van der Waals surface area contributed by atoms with E-state index in [0.717, 1.165) is 11.3 Å². The SMILES string of the molecule is Cc1ccc(-c2ccsc2)cc1N. The molecule has 2 heteroatoms. The molecule has 0 amide bonds. The molecular weight excluding hydrogens is 178 g/mol. The normalized spacial score (nSPS) is 10.2. The van der Waals surface area contributed by atoms with Gasteiger partial charge in [0.15, 0.2) is 0 Å². The fraction of sp³-hybridized carbons (Fsp3) is 0.0909. The van der Waals surface area contributed by atoms with Crippen LogP contribution >= 0.6 is 11.3 Å². The second-order valence-electron chi connectivity index (χ2n) is 3.08. The van der Waals surface area contributed by atoms with E-state index in [-0.39, 0.29) is 0 Å². The van der Waals surface area contributed by atoms with E-state index in [0.29, 0.717) is 0 Å². The minimum Gasteiger partial charge on any atom is -0.398 e. The van der Waals surface area contributed by atoms with Crippen LogP contribution in [0.3, 0.4) is 0 Å². The molecule has 66 valence electrons. The molecule has 1 aromatic carbocycles. The number of anilines is 1. The topological polar surface area (TPSA) is 26.0 Å². The Balaban J connectivity index is 2.49. The fourth-order valence-corrected chi connectivity index (χ4v) is 1.91. The predicted octanol–water partition coefficient (Wildman–Crippen LogP) is 3.31. The number of rotatable bonds is 1. The Morgan fingerprint density at radius 3 is 2.62 bits per heavy atom. The molecule has 0 atom stereocenters. The van der Waals surface area contributed by atoms with Gasteiger partial charge in [0, 0.05) is 5.69 Å². The van der Waals surface area contributed by atoms with Gasteiger partial charge in [-0.1, -0.05) is 12.1 Å². The van der Waals surface area contributed by atoms with Gasteiger partial charge >= 0.3 is 0 Å². The van der Waals surface area contributed by atoms with Crippen LogP contribution in [0.5, 0.6) is 0 Å². The van der Waals surface area contributed by atoms with Crippen LogP contribution in [0.2, 0.25) is 0 Å². The van der Waals surface area contributed by atoms with Gasteiger partial charge in [-0.15, -0.1) is 0 Å². The van der Waals surface area contributed by atoms with Crippen molar-refractivity contribution in [3.05, 3.63) is 40.6 Å². The molecule has 0 saturated heterocycles. The van der Waals surface area contributed by atoms with Crippen molar-refractivity contribution in [2.24, 2.45) is 0 Å². The Labute approximate surface area is 81.8 Å². The monoisotopic (exact) mass is 189 g/mol. The van der Waals surface area contributed by atoms with Gasteiger partial charge in [0.2, 0.25) is 0 Å². The first-order valence-electron chi connectivity index (χ1n) is 4.16. The molecule has 1 nitrogen and oxygen atoms in total. The molecule has 2 N–H and O–H groups in total. The Morgan fingerprint density at radius 2 is 2.00 bits per heavy atom.